The summed E-state index contributed by atoms with van der Waals surface area (Å²) in [4.78, 5) is 4.35. The first-order valence-electron chi connectivity index (χ1n) is 5.48. The minimum absolute atomic E-state index is 0.361. The van der Waals surface area contributed by atoms with Gasteiger partial charge in [-0.2, -0.15) is 0 Å². The molecule has 0 amide bonds. The van der Waals surface area contributed by atoms with Gasteiger partial charge in [-0.15, -0.1) is 0 Å². The molecule has 82 valence electrons. The summed E-state index contributed by atoms with van der Waals surface area (Å²) in [5.74, 6) is 1.25. The zero-order valence-corrected chi connectivity index (χ0v) is 9.79. The Morgan fingerprint density at radius 2 is 2.27 bits per heavy atom. The van der Waals surface area contributed by atoms with E-state index in [0.29, 0.717) is 18.6 Å². The van der Waals surface area contributed by atoms with Crippen LogP contribution >= 0.6 is 0 Å². The number of hydrogen-bond acceptors (Lipinski definition) is 3. The number of aromatic nitrogens is 1. The molecule has 0 radical (unpaired) electrons. The molecule has 1 unspecified atom stereocenters. The largest absolute Gasteiger partial charge is 0.474 e. The summed E-state index contributed by atoms with van der Waals surface area (Å²) in [7, 11) is 0. The molecule has 1 atom stereocenters. The lowest BCUT2D eigenvalue weighted by atomic mass is 9.99. The predicted molar refractivity (Wildman–Crippen MR) is 61.6 cm³/mol. The van der Waals surface area contributed by atoms with Gasteiger partial charge < -0.3 is 10.1 Å². The highest BCUT2D eigenvalue weighted by atomic mass is 16.5. The number of hydrogen-bond donors (Lipinski definition) is 1. The summed E-state index contributed by atoms with van der Waals surface area (Å²) >= 11 is 0. The van der Waals surface area contributed by atoms with Gasteiger partial charge in [0.2, 0.25) is 5.88 Å². The van der Waals surface area contributed by atoms with Crippen molar-refractivity contribution in [1.29, 1.82) is 0 Å². The number of fused-ring (bicyclic) bond motifs is 1. The zero-order valence-electron chi connectivity index (χ0n) is 9.79. The third kappa shape index (κ3) is 1.78. The molecule has 3 nitrogen and oxygen atoms in total. The molecule has 0 aromatic carbocycles. The fourth-order valence-electron chi connectivity index (χ4n) is 1.95. The van der Waals surface area contributed by atoms with Crippen LogP contribution in [0.5, 0.6) is 5.88 Å². The first kappa shape index (κ1) is 10.3. The van der Waals surface area contributed by atoms with Gasteiger partial charge in [-0.25, -0.2) is 4.98 Å². The van der Waals surface area contributed by atoms with Crippen LogP contribution in [0.4, 0.5) is 5.69 Å². The van der Waals surface area contributed by atoms with E-state index in [4.69, 9.17) is 4.74 Å². The van der Waals surface area contributed by atoms with Crippen LogP contribution in [0.2, 0.25) is 0 Å². The van der Waals surface area contributed by atoms with Crippen LogP contribution in [0.25, 0.3) is 0 Å². The molecule has 0 aliphatic carbocycles. The smallest absolute Gasteiger partial charge is 0.237 e. The van der Waals surface area contributed by atoms with E-state index in [1.165, 1.54) is 11.1 Å². The monoisotopic (exact) mass is 206 g/mol. The normalized spacial score (nSPS) is 19.4. The Kier molecular flexibility index (Phi) is 2.55. The molecule has 0 saturated heterocycles. The molecule has 0 spiro atoms. The molecule has 0 bridgehead atoms. The number of anilines is 1. The van der Waals surface area contributed by atoms with Crippen LogP contribution in [0.3, 0.4) is 0 Å². The van der Waals surface area contributed by atoms with E-state index in [0.717, 1.165) is 11.6 Å². The van der Waals surface area contributed by atoms with Crippen LogP contribution < -0.4 is 10.1 Å². The molecule has 0 fully saturated rings. The Balaban J connectivity index is 2.46. The SMILES string of the molecule is Cc1c(C(C)C)cnc2c1NC(C)CO2. The lowest BCUT2D eigenvalue weighted by Crippen LogP contribution is -2.29. The van der Waals surface area contributed by atoms with Crippen molar-refractivity contribution in [1.82, 2.24) is 4.98 Å². The molecule has 2 rings (SSSR count). The quantitative estimate of drug-likeness (QED) is 0.767. The minimum atomic E-state index is 0.361. The van der Waals surface area contributed by atoms with Gasteiger partial charge in [-0.1, -0.05) is 13.8 Å². The predicted octanol–water partition coefficient (Wildman–Crippen LogP) is 2.71. The summed E-state index contributed by atoms with van der Waals surface area (Å²) < 4.78 is 5.58. The van der Waals surface area contributed by atoms with Gasteiger partial charge >= 0.3 is 0 Å². The standard InChI is InChI=1S/C12H18N2O/c1-7(2)10-5-13-12-11(9(10)4)14-8(3)6-15-12/h5,7-8,14H,6H2,1-4H3. The minimum Gasteiger partial charge on any atom is -0.474 e. The van der Waals surface area contributed by atoms with Crippen LogP contribution in [0.15, 0.2) is 6.20 Å². The van der Waals surface area contributed by atoms with E-state index in [9.17, 15) is 0 Å². The summed E-state index contributed by atoms with van der Waals surface area (Å²) in [5, 5.41) is 3.44. The maximum absolute atomic E-state index is 5.58. The Morgan fingerprint density at radius 3 is 2.93 bits per heavy atom. The third-order valence-corrected chi connectivity index (χ3v) is 2.83. The second-order valence-electron chi connectivity index (χ2n) is 4.53. The van der Waals surface area contributed by atoms with Gasteiger partial charge in [0.05, 0.1) is 6.04 Å². The number of rotatable bonds is 1. The molecule has 1 aromatic heterocycles. The van der Waals surface area contributed by atoms with Crippen molar-refractivity contribution in [2.24, 2.45) is 0 Å². The first-order chi connectivity index (χ1) is 7.09. The average Bonchev–Trinajstić information content (AvgIpc) is 2.19. The van der Waals surface area contributed by atoms with Crippen LogP contribution in [0.1, 0.15) is 37.8 Å². The lowest BCUT2D eigenvalue weighted by molar-refractivity contribution is 0.280. The molecule has 1 aliphatic rings. The second kappa shape index (κ2) is 3.72. The second-order valence-corrected chi connectivity index (χ2v) is 4.53. The highest BCUT2D eigenvalue weighted by molar-refractivity contribution is 5.62. The van der Waals surface area contributed by atoms with E-state index in [1.807, 2.05) is 6.20 Å². The Bertz CT molecular complexity index is 374. The number of nitrogens with zero attached hydrogens (tertiary/aromatic N) is 1. The average molecular weight is 206 g/mol. The van der Waals surface area contributed by atoms with E-state index in [-0.39, 0.29) is 0 Å². The zero-order chi connectivity index (χ0) is 11.0. The molecule has 3 heteroatoms. The maximum Gasteiger partial charge on any atom is 0.237 e. The highest BCUT2D eigenvalue weighted by Crippen LogP contribution is 2.34. The van der Waals surface area contributed by atoms with Gasteiger partial charge in [-0.3, -0.25) is 0 Å². The van der Waals surface area contributed by atoms with Gasteiger partial charge in [0, 0.05) is 6.20 Å². The number of ether oxygens (including phenoxy) is 1. The molecular formula is C12H18N2O. The van der Waals surface area contributed by atoms with Crippen molar-refractivity contribution in [3.8, 4) is 5.88 Å². The van der Waals surface area contributed by atoms with Crippen LogP contribution in [-0.2, 0) is 0 Å². The fourth-order valence-corrected chi connectivity index (χ4v) is 1.95. The molecule has 15 heavy (non-hydrogen) atoms. The Morgan fingerprint density at radius 1 is 1.53 bits per heavy atom. The molecular weight excluding hydrogens is 188 g/mol. The van der Waals surface area contributed by atoms with Crippen molar-refractivity contribution in [2.45, 2.75) is 39.7 Å². The van der Waals surface area contributed by atoms with E-state index in [1.54, 1.807) is 0 Å². The third-order valence-electron chi connectivity index (χ3n) is 2.83. The van der Waals surface area contributed by atoms with Gasteiger partial charge in [0.15, 0.2) is 0 Å². The van der Waals surface area contributed by atoms with Gasteiger partial charge in [0.25, 0.3) is 0 Å². The van der Waals surface area contributed by atoms with Crippen molar-refractivity contribution < 1.29 is 4.74 Å². The number of nitrogens with one attached hydrogen (secondary N) is 1. The molecule has 1 N–H and O–H groups in total. The van der Waals surface area contributed by atoms with Gasteiger partial charge in [-0.05, 0) is 30.9 Å². The molecule has 1 aliphatic heterocycles. The van der Waals surface area contributed by atoms with Crippen molar-refractivity contribution in [3.63, 3.8) is 0 Å². The van der Waals surface area contributed by atoms with Gasteiger partial charge in [0.1, 0.15) is 12.3 Å². The summed E-state index contributed by atoms with van der Waals surface area (Å²) in [5.41, 5.74) is 3.63. The van der Waals surface area contributed by atoms with E-state index in [2.05, 4.69) is 38.0 Å². The molecule has 0 saturated carbocycles. The Labute approximate surface area is 90.9 Å². The van der Waals surface area contributed by atoms with Crippen molar-refractivity contribution in [2.75, 3.05) is 11.9 Å². The fraction of sp³-hybridized carbons (Fsp3) is 0.583. The first-order valence-corrected chi connectivity index (χ1v) is 5.48. The summed E-state index contributed by atoms with van der Waals surface area (Å²) in [6.45, 7) is 9.31. The topological polar surface area (TPSA) is 34.2 Å². The maximum atomic E-state index is 5.58. The van der Waals surface area contributed by atoms with Crippen molar-refractivity contribution in [3.05, 3.63) is 17.3 Å². The van der Waals surface area contributed by atoms with Crippen molar-refractivity contribution >= 4 is 5.69 Å². The lowest BCUT2D eigenvalue weighted by Gasteiger charge is -2.26. The number of pyridine rings is 1. The van der Waals surface area contributed by atoms with Crippen LogP contribution in [0, 0.1) is 6.92 Å². The highest BCUT2D eigenvalue weighted by Gasteiger charge is 2.20. The summed E-state index contributed by atoms with van der Waals surface area (Å²) in [6, 6.07) is 0.361. The molecule has 1 aromatic rings. The van der Waals surface area contributed by atoms with E-state index >= 15 is 0 Å². The summed E-state index contributed by atoms with van der Waals surface area (Å²) in [6.07, 6.45) is 1.93. The van der Waals surface area contributed by atoms with Crippen LogP contribution in [-0.4, -0.2) is 17.6 Å². The molecule has 2 heterocycles. The van der Waals surface area contributed by atoms with E-state index < -0.39 is 0 Å². The Hall–Kier alpha value is -1.25.